The molecule has 1 unspecified atom stereocenters. The largest absolute Gasteiger partial charge is 0.339 e. The van der Waals surface area contributed by atoms with Gasteiger partial charge in [0.05, 0.1) is 0 Å². The summed E-state index contributed by atoms with van der Waals surface area (Å²) in [5, 5.41) is 3.88. The number of hydrogen-bond donors (Lipinski definition) is 1. The van der Waals surface area contributed by atoms with Gasteiger partial charge in [0.1, 0.15) is 0 Å². The van der Waals surface area contributed by atoms with E-state index in [9.17, 15) is 0 Å². The van der Waals surface area contributed by atoms with Gasteiger partial charge in [0.15, 0.2) is 0 Å². The molecule has 102 valence electrons. The third-order valence-corrected chi connectivity index (χ3v) is 2.66. The molecule has 19 heavy (non-hydrogen) atoms. The van der Waals surface area contributed by atoms with Crippen molar-refractivity contribution >= 4 is 0 Å². The Hall–Kier alpha value is -1.82. The molecule has 2 aromatic rings. The molecular weight excluding hydrogens is 242 g/mol. The zero-order chi connectivity index (χ0) is 13.8. The summed E-state index contributed by atoms with van der Waals surface area (Å²) in [5.41, 5.74) is 7.01. The quantitative estimate of drug-likeness (QED) is 0.881. The summed E-state index contributed by atoms with van der Waals surface area (Å²) in [4.78, 5) is 12.6. The first-order valence-electron chi connectivity index (χ1n) is 6.41. The van der Waals surface area contributed by atoms with Crippen molar-refractivity contribution in [3.63, 3.8) is 0 Å². The van der Waals surface area contributed by atoms with Crippen LogP contribution in [0.15, 0.2) is 16.9 Å². The van der Waals surface area contributed by atoms with Gasteiger partial charge in [-0.15, -0.1) is 0 Å². The lowest BCUT2D eigenvalue weighted by molar-refractivity contribution is 0.359. The summed E-state index contributed by atoms with van der Waals surface area (Å²) in [6, 6.07) is 0.0345. The zero-order valence-electron chi connectivity index (χ0n) is 11.5. The van der Waals surface area contributed by atoms with Gasteiger partial charge in [0.25, 0.3) is 0 Å². The van der Waals surface area contributed by atoms with E-state index in [1.165, 1.54) is 0 Å². The fourth-order valence-corrected chi connectivity index (χ4v) is 1.85. The first-order valence-corrected chi connectivity index (χ1v) is 6.41. The SMILES string of the molecule is Cc1cnc(-c2noc(CC(N)CC(C)C)n2)nc1. The maximum atomic E-state index is 6.02. The second-order valence-corrected chi connectivity index (χ2v) is 5.19. The average Bonchev–Trinajstić information content (AvgIpc) is 2.77. The second-order valence-electron chi connectivity index (χ2n) is 5.19. The van der Waals surface area contributed by atoms with Gasteiger partial charge < -0.3 is 10.3 Å². The normalized spacial score (nSPS) is 12.9. The molecule has 0 bridgehead atoms. The Balaban J connectivity index is 2.04. The molecule has 0 saturated heterocycles. The minimum absolute atomic E-state index is 0.0345. The van der Waals surface area contributed by atoms with Crippen LogP contribution < -0.4 is 5.73 Å². The Morgan fingerprint density at radius 3 is 2.53 bits per heavy atom. The molecule has 0 fully saturated rings. The van der Waals surface area contributed by atoms with Crippen molar-refractivity contribution in [2.45, 2.75) is 39.7 Å². The topological polar surface area (TPSA) is 90.7 Å². The lowest BCUT2D eigenvalue weighted by atomic mass is 10.0. The fraction of sp³-hybridized carbons (Fsp3) is 0.538. The third kappa shape index (κ3) is 3.82. The third-order valence-electron chi connectivity index (χ3n) is 2.66. The first kappa shape index (κ1) is 13.6. The fourth-order valence-electron chi connectivity index (χ4n) is 1.85. The smallest absolute Gasteiger partial charge is 0.240 e. The average molecular weight is 261 g/mol. The van der Waals surface area contributed by atoms with Gasteiger partial charge in [0, 0.05) is 24.9 Å². The van der Waals surface area contributed by atoms with Crippen molar-refractivity contribution < 1.29 is 4.52 Å². The van der Waals surface area contributed by atoms with Crippen LogP contribution in [-0.4, -0.2) is 26.2 Å². The molecule has 0 aliphatic rings. The monoisotopic (exact) mass is 261 g/mol. The van der Waals surface area contributed by atoms with Gasteiger partial charge in [-0.05, 0) is 24.8 Å². The first-order chi connectivity index (χ1) is 9.04. The van der Waals surface area contributed by atoms with Gasteiger partial charge in [-0.1, -0.05) is 19.0 Å². The highest BCUT2D eigenvalue weighted by Crippen LogP contribution is 2.13. The molecule has 2 rings (SSSR count). The van der Waals surface area contributed by atoms with E-state index in [0.29, 0.717) is 29.9 Å². The molecule has 0 amide bonds. The van der Waals surface area contributed by atoms with Crippen molar-refractivity contribution in [3.05, 3.63) is 23.8 Å². The number of nitrogens with two attached hydrogens (primary N) is 1. The summed E-state index contributed by atoms with van der Waals surface area (Å²) in [5.74, 6) is 1.97. The van der Waals surface area contributed by atoms with Crippen molar-refractivity contribution in [1.29, 1.82) is 0 Å². The minimum Gasteiger partial charge on any atom is -0.339 e. The number of hydrogen-bond acceptors (Lipinski definition) is 6. The molecule has 0 aliphatic carbocycles. The highest BCUT2D eigenvalue weighted by molar-refractivity contribution is 5.40. The Morgan fingerprint density at radius 1 is 1.21 bits per heavy atom. The zero-order valence-corrected chi connectivity index (χ0v) is 11.5. The van der Waals surface area contributed by atoms with Crippen LogP contribution in [0, 0.1) is 12.8 Å². The lowest BCUT2D eigenvalue weighted by Crippen LogP contribution is -2.24. The molecule has 2 heterocycles. The lowest BCUT2D eigenvalue weighted by Gasteiger charge is -2.10. The van der Waals surface area contributed by atoms with Crippen molar-refractivity contribution in [1.82, 2.24) is 20.1 Å². The molecular formula is C13H19N5O. The van der Waals surface area contributed by atoms with E-state index in [0.717, 1.165) is 12.0 Å². The maximum Gasteiger partial charge on any atom is 0.240 e. The Morgan fingerprint density at radius 2 is 1.89 bits per heavy atom. The van der Waals surface area contributed by atoms with Gasteiger partial charge >= 0.3 is 0 Å². The predicted octanol–water partition coefficient (Wildman–Crippen LogP) is 1.75. The molecule has 0 radical (unpaired) electrons. The van der Waals surface area contributed by atoms with Crippen LogP contribution in [0.1, 0.15) is 31.7 Å². The predicted molar refractivity (Wildman–Crippen MR) is 71.2 cm³/mol. The van der Waals surface area contributed by atoms with E-state index >= 15 is 0 Å². The molecule has 0 saturated carbocycles. The maximum absolute atomic E-state index is 6.02. The summed E-state index contributed by atoms with van der Waals surface area (Å²) < 4.78 is 5.18. The van der Waals surface area contributed by atoms with E-state index in [1.807, 2.05) is 6.92 Å². The molecule has 0 aromatic carbocycles. The summed E-state index contributed by atoms with van der Waals surface area (Å²) in [6.45, 7) is 6.20. The van der Waals surface area contributed by atoms with Crippen LogP contribution in [0.4, 0.5) is 0 Å². The van der Waals surface area contributed by atoms with Gasteiger partial charge in [-0.25, -0.2) is 9.97 Å². The number of nitrogens with zero attached hydrogens (tertiary/aromatic N) is 4. The molecule has 1 atom stereocenters. The van der Waals surface area contributed by atoms with Crippen LogP contribution in [0.25, 0.3) is 11.6 Å². The van der Waals surface area contributed by atoms with Crippen molar-refractivity contribution in [3.8, 4) is 11.6 Å². The molecule has 0 spiro atoms. The number of rotatable bonds is 5. The molecule has 6 nitrogen and oxygen atoms in total. The summed E-state index contributed by atoms with van der Waals surface area (Å²) in [7, 11) is 0. The number of aromatic nitrogens is 4. The van der Waals surface area contributed by atoms with Crippen molar-refractivity contribution in [2.75, 3.05) is 0 Å². The van der Waals surface area contributed by atoms with E-state index in [-0.39, 0.29) is 6.04 Å². The summed E-state index contributed by atoms with van der Waals surface area (Å²) in [6.07, 6.45) is 4.96. The van der Waals surface area contributed by atoms with Crippen LogP contribution in [-0.2, 0) is 6.42 Å². The van der Waals surface area contributed by atoms with E-state index in [2.05, 4.69) is 34.0 Å². The number of aryl methyl sites for hydroxylation is 1. The Labute approximate surface area is 112 Å². The highest BCUT2D eigenvalue weighted by atomic mass is 16.5. The van der Waals surface area contributed by atoms with Gasteiger partial charge in [0.2, 0.25) is 17.5 Å². The van der Waals surface area contributed by atoms with Gasteiger partial charge in [-0.3, -0.25) is 0 Å². The van der Waals surface area contributed by atoms with Crippen LogP contribution in [0.5, 0.6) is 0 Å². The van der Waals surface area contributed by atoms with E-state index in [4.69, 9.17) is 10.3 Å². The van der Waals surface area contributed by atoms with Crippen LogP contribution in [0.3, 0.4) is 0 Å². The standard InChI is InChI=1S/C13H19N5O/c1-8(2)4-10(14)5-11-17-13(18-19-11)12-15-6-9(3)7-16-12/h6-8,10H,4-5,14H2,1-3H3. The summed E-state index contributed by atoms with van der Waals surface area (Å²) >= 11 is 0. The van der Waals surface area contributed by atoms with E-state index in [1.54, 1.807) is 12.4 Å². The Kier molecular flexibility index (Phi) is 4.21. The molecule has 2 N–H and O–H groups in total. The minimum atomic E-state index is 0.0345. The van der Waals surface area contributed by atoms with Crippen LogP contribution >= 0.6 is 0 Å². The molecule has 6 heteroatoms. The van der Waals surface area contributed by atoms with Crippen LogP contribution in [0.2, 0.25) is 0 Å². The second kappa shape index (κ2) is 5.88. The molecule has 0 aliphatic heterocycles. The van der Waals surface area contributed by atoms with E-state index < -0.39 is 0 Å². The van der Waals surface area contributed by atoms with Gasteiger partial charge in [-0.2, -0.15) is 4.98 Å². The van der Waals surface area contributed by atoms with Crippen molar-refractivity contribution in [2.24, 2.45) is 11.7 Å². The highest BCUT2D eigenvalue weighted by Gasteiger charge is 2.14. The molecule has 2 aromatic heterocycles. The Bertz CT molecular complexity index is 520.